The number of aliphatic hydroxyl groups excluding tert-OH is 2. The third-order valence-electron chi connectivity index (χ3n) is 15.9. The summed E-state index contributed by atoms with van der Waals surface area (Å²) in [5.41, 5.74) is 5.11. The predicted molar refractivity (Wildman–Crippen MR) is 266 cm³/mol. The number of carbonyl (C=O) groups is 1. The van der Waals surface area contributed by atoms with Gasteiger partial charge in [-0.25, -0.2) is 0 Å². The van der Waals surface area contributed by atoms with Crippen LogP contribution in [0.4, 0.5) is 5.69 Å². The fraction of sp³-hybridized carbons (Fsp3) is 0.421. The van der Waals surface area contributed by atoms with Crippen LogP contribution in [0.2, 0.25) is 0 Å². The number of allylic oxidation sites excluding steroid dienone is 3. The summed E-state index contributed by atoms with van der Waals surface area (Å²) < 4.78 is 12.2. The second kappa shape index (κ2) is 19.6. The lowest BCUT2D eigenvalue weighted by Crippen LogP contribution is -2.50. The summed E-state index contributed by atoms with van der Waals surface area (Å²) in [5.74, 6) is -0.581. The maximum absolute atomic E-state index is 16.1. The summed E-state index contributed by atoms with van der Waals surface area (Å²) in [5, 5.41) is 78.3. The molecule has 8 atom stereocenters. The number of Topliss-reactive ketones (excluding diaryl/α,β-unsaturated/α-hetero) is 1. The van der Waals surface area contributed by atoms with Crippen LogP contribution < -0.4 is 20.1 Å². The number of nitrogens with one attached hydrogen (secondary N) is 3. The van der Waals surface area contributed by atoms with Crippen LogP contribution in [0.3, 0.4) is 0 Å². The third kappa shape index (κ3) is 9.28. The standard InChI is InChI=1S/C57H65N3O9/c1-33-5-2-6-34(25-33)32-69-52-29-38(28-51(66)55(52)67)36-9-14-44-42-15-13-41(61)26-37(42)10-16-46(44)60-53-30-39(20-23-59-53)57(21-19-47(62)45(57)31-40-7-3-22-58-40)54(50(65)27-36)48(63)17-11-35-12-18-49(64)56-43(35)8-4-24-68-56/h2-3,6-7,10,12-13,15-16,18,20,22,26,28-30,33-34,36,45,47-48,54,58-64,66-67H,4-5,8-9,11,14,17,19,21,23-25,27,31-32H2,1H3/t33-,34+,36+,45+,47-,48+,54-,57+/m0/s1. The predicted octanol–water partition coefficient (Wildman–Crippen LogP) is 9.38. The third-order valence-corrected chi connectivity index (χ3v) is 15.9. The van der Waals surface area contributed by atoms with Gasteiger partial charge in [-0.15, -0.1) is 0 Å². The average Bonchev–Trinajstić information content (AvgIpc) is 3.99. The molecule has 0 unspecified atom stereocenters. The molecular formula is C57H65N3O9. The van der Waals surface area contributed by atoms with Crippen molar-refractivity contribution in [1.82, 2.24) is 10.3 Å². The van der Waals surface area contributed by atoms with Crippen LogP contribution in [0.15, 0.2) is 109 Å². The number of aromatic amines is 1. The number of aryl methyl sites for hydroxylation is 2. The van der Waals surface area contributed by atoms with Gasteiger partial charge in [0.05, 0.1) is 31.3 Å². The van der Waals surface area contributed by atoms with Crippen molar-refractivity contribution in [2.24, 2.45) is 29.1 Å². The summed E-state index contributed by atoms with van der Waals surface area (Å²) in [7, 11) is 0. The Labute approximate surface area is 403 Å². The molecule has 2 bridgehead atoms. The van der Waals surface area contributed by atoms with Gasteiger partial charge in [0.1, 0.15) is 17.4 Å². The van der Waals surface area contributed by atoms with Gasteiger partial charge in [-0.2, -0.15) is 0 Å². The molecule has 12 heteroatoms. The molecule has 0 radical (unpaired) electrons. The quantitative estimate of drug-likeness (QED) is 0.0478. The molecule has 4 heterocycles. The average molecular weight is 936 g/mol. The minimum atomic E-state index is -1.15. The van der Waals surface area contributed by atoms with Crippen LogP contribution in [0.25, 0.3) is 10.8 Å². The van der Waals surface area contributed by atoms with E-state index in [0.717, 1.165) is 75.9 Å². The Kier molecular flexibility index (Phi) is 13.1. The number of aliphatic hydroxyl groups is 2. The number of benzene rings is 4. The van der Waals surface area contributed by atoms with Crippen LogP contribution in [-0.4, -0.2) is 73.4 Å². The Morgan fingerprint density at radius 2 is 1.86 bits per heavy atom. The zero-order valence-corrected chi connectivity index (χ0v) is 39.3. The van der Waals surface area contributed by atoms with E-state index in [9.17, 15) is 30.6 Å². The van der Waals surface area contributed by atoms with Gasteiger partial charge in [0, 0.05) is 53.4 Å². The number of aromatic nitrogens is 1. The van der Waals surface area contributed by atoms with Crippen LogP contribution in [-0.2, 0) is 30.5 Å². The lowest BCUT2D eigenvalue weighted by molar-refractivity contribution is -0.134. The van der Waals surface area contributed by atoms with Crippen LogP contribution in [0, 0.1) is 29.1 Å². The first kappa shape index (κ1) is 46.4. The Morgan fingerprint density at radius 3 is 2.70 bits per heavy atom. The SMILES string of the molecule is C[C@H]1CC=C[C@@H](COc2cc([C@@H]3CCc4c(ccc5cc(O)ccc45)NC4=CC(=CCN4)[C@@]4(CC[C@H](O)[C@H]4Cc4ccc[nH]4)[C@@H]([C@H](O)CCc4ccc(O)c5c4CCCO5)C(=O)C3)cc(O)c2O)C1. The highest BCUT2D eigenvalue weighted by Gasteiger charge is 2.58. The number of phenols is 4. The van der Waals surface area contributed by atoms with E-state index in [4.69, 9.17) is 9.47 Å². The maximum Gasteiger partial charge on any atom is 0.200 e. The Morgan fingerprint density at radius 1 is 0.971 bits per heavy atom. The Balaban J connectivity index is 1.11. The van der Waals surface area contributed by atoms with Gasteiger partial charge in [-0.1, -0.05) is 43.4 Å². The topological polar surface area (TPSA) is 197 Å². The molecular weight excluding hydrogens is 871 g/mol. The van der Waals surface area contributed by atoms with Gasteiger partial charge in [0.15, 0.2) is 23.0 Å². The number of hydrogen-bond donors (Lipinski definition) is 9. The van der Waals surface area contributed by atoms with E-state index in [0.29, 0.717) is 75.5 Å². The van der Waals surface area contributed by atoms with Gasteiger partial charge in [-0.05, 0) is 170 Å². The van der Waals surface area contributed by atoms with Crippen LogP contribution in [0.5, 0.6) is 34.5 Å². The normalized spacial score (nSPS) is 26.2. The van der Waals surface area contributed by atoms with E-state index in [-0.39, 0.29) is 53.3 Å². The van der Waals surface area contributed by atoms with Gasteiger partial charge in [0.2, 0.25) is 5.75 Å². The highest BCUT2D eigenvalue weighted by Crippen LogP contribution is 2.58. The fourth-order valence-electron chi connectivity index (χ4n) is 12.6. The van der Waals surface area contributed by atoms with Crippen molar-refractivity contribution < 1.29 is 44.9 Å². The molecule has 1 spiro atoms. The van der Waals surface area contributed by atoms with E-state index >= 15 is 4.79 Å². The molecule has 1 aromatic heterocycles. The largest absolute Gasteiger partial charge is 0.508 e. The number of ketones is 1. The zero-order chi connectivity index (χ0) is 47.8. The number of carbonyl (C=O) groups excluding carboxylic acids is 1. The second-order valence-corrected chi connectivity index (χ2v) is 20.3. The second-order valence-electron chi connectivity index (χ2n) is 20.3. The smallest absolute Gasteiger partial charge is 0.200 e. The number of ether oxygens (including phenoxy) is 2. The molecule has 9 N–H and O–H groups in total. The number of hydrogen-bond acceptors (Lipinski definition) is 11. The monoisotopic (exact) mass is 935 g/mol. The number of H-pyrrole nitrogens is 1. The molecule has 1 saturated carbocycles. The van der Waals surface area contributed by atoms with E-state index in [2.05, 4.69) is 46.8 Å². The first-order chi connectivity index (χ1) is 33.4. The molecule has 12 nitrogen and oxygen atoms in total. The van der Waals surface area contributed by atoms with Crippen molar-refractivity contribution >= 4 is 22.2 Å². The minimum Gasteiger partial charge on any atom is -0.508 e. The highest BCUT2D eigenvalue weighted by atomic mass is 16.5. The number of phenolic OH excluding ortho intramolecular Hbond substituents is 4. The van der Waals surface area contributed by atoms with Crippen molar-refractivity contribution in [3.05, 3.63) is 137 Å². The first-order valence-corrected chi connectivity index (χ1v) is 25.0. The maximum atomic E-state index is 16.1. The molecule has 2 aliphatic carbocycles. The van der Waals surface area contributed by atoms with E-state index in [1.54, 1.807) is 24.3 Å². The summed E-state index contributed by atoms with van der Waals surface area (Å²) in [6.07, 6.45) is 14.8. The fourth-order valence-corrected chi connectivity index (χ4v) is 12.6. The van der Waals surface area contributed by atoms with Crippen molar-refractivity contribution in [2.75, 3.05) is 25.1 Å². The summed E-state index contributed by atoms with van der Waals surface area (Å²) in [6, 6.07) is 20.1. The lowest BCUT2D eigenvalue weighted by Gasteiger charge is -2.46. The van der Waals surface area contributed by atoms with Crippen molar-refractivity contribution in [2.45, 2.75) is 102 Å². The number of aromatic hydroxyl groups is 4. The van der Waals surface area contributed by atoms with E-state index < -0.39 is 35.4 Å². The van der Waals surface area contributed by atoms with Crippen LogP contribution in [0.1, 0.15) is 92.2 Å². The van der Waals surface area contributed by atoms with Gasteiger partial charge in [-0.3, -0.25) is 4.79 Å². The molecule has 1 fully saturated rings. The zero-order valence-electron chi connectivity index (χ0n) is 39.3. The molecule has 4 aromatic carbocycles. The van der Waals surface area contributed by atoms with E-state index in [1.807, 2.05) is 42.6 Å². The van der Waals surface area contributed by atoms with Gasteiger partial charge < -0.3 is 55.7 Å². The highest BCUT2D eigenvalue weighted by molar-refractivity contribution is 5.91. The van der Waals surface area contributed by atoms with Gasteiger partial charge >= 0.3 is 0 Å². The molecule has 10 rings (SSSR count). The molecule has 0 saturated heterocycles. The van der Waals surface area contributed by atoms with Crippen molar-refractivity contribution in [3.63, 3.8) is 0 Å². The molecule has 5 aromatic rings. The number of dihydropyridines is 1. The molecule has 69 heavy (non-hydrogen) atoms. The van der Waals surface area contributed by atoms with Crippen molar-refractivity contribution in [3.8, 4) is 34.5 Å². The number of anilines is 1. The Hall–Kier alpha value is -6.37. The summed E-state index contributed by atoms with van der Waals surface area (Å²) in [4.78, 5) is 19.5. The Bertz CT molecular complexity index is 2800. The molecule has 362 valence electrons. The van der Waals surface area contributed by atoms with Crippen molar-refractivity contribution in [1.29, 1.82) is 0 Å². The number of rotatable bonds is 10. The molecule has 0 amide bonds. The van der Waals surface area contributed by atoms with E-state index in [1.165, 1.54) is 6.07 Å². The minimum absolute atomic E-state index is 0.0137. The first-order valence-electron chi connectivity index (χ1n) is 25.0. The van der Waals surface area contributed by atoms with Crippen LogP contribution >= 0.6 is 0 Å². The lowest BCUT2D eigenvalue weighted by atomic mass is 9.57. The number of fused-ring (bicyclic) bond motifs is 6. The molecule has 3 aliphatic heterocycles. The molecule has 5 aliphatic rings. The van der Waals surface area contributed by atoms with Gasteiger partial charge in [0.25, 0.3) is 0 Å². The summed E-state index contributed by atoms with van der Waals surface area (Å²) in [6.45, 7) is 3.48. The summed E-state index contributed by atoms with van der Waals surface area (Å²) >= 11 is 0.